The number of rotatable bonds is 4. The summed E-state index contributed by atoms with van der Waals surface area (Å²) in [6, 6.07) is 0. The molecule has 0 aliphatic carbocycles. The maximum atomic E-state index is 12.5. The fourth-order valence-electron chi connectivity index (χ4n) is 2.90. The second-order valence-electron chi connectivity index (χ2n) is 5.73. The topological polar surface area (TPSA) is 101 Å². The van der Waals surface area contributed by atoms with Crippen molar-refractivity contribution in [3.63, 3.8) is 0 Å². The molecule has 0 atom stereocenters. The smallest absolute Gasteiger partial charge is 0.337 e. The quantitative estimate of drug-likeness (QED) is 0.754. The summed E-state index contributed by atoms with van der Waals surface area (Å²) in [5.41, 5.74) is 3.17. The van der Waals surface area contributed by atoms with E-state index in [1.165, 1.54) is 16.0 Å². The summed E-state index contributed by atoms with van der Waals surface area (Å²) in [7, 11) is 1.55. The minimum atomic E-state index is -1.08. The number of thiophene rings is 1. The summed E-state index contributed by atoms with van der Waals surface area (Å²) < 4.78 is 1.89. The van der Waals surface area contributed by atoms with Gasteiger partial charge in [-0.25, -0.2) is 9.48 Å². The summed E-state index contributed by atoms with van der Waals surface area (Å²) in [5, 5.41) is 21.3. The van der Waals surface area contributed by atoms with Crippen LogP contribution in [0.5, 0.6) is 0 Å². The molecule has 7 nitrogen and oxygen atoms in total. The Bertz CT molecular complexity index is 993. The molecular weight excluding hydrogens is 328 g/mol. The van der Waals surface area contributed by atoms with E-state index < -0.39 is 5.97 Å². The average Bonchev–Trinajstić information content (AvgIpc) is 3.06. The van der Waals surface area contributed by atoms with Crippen molar-refractivity contribution >= 4 is 27.4 Å². The number of carbonyl (C=O) groups is 1. The molecule has 0 fully saturated rings. The zero-order chi connectivity index (χ0) is 17.6. The number of H-pyrrole nitrogens is 1. The highest BCUT2D eigenvalue weighted by molar-refractivity contribution is 7.19. The standard InChI is InChI=1S/C16H18N4O3S/c1-5-10-14-13(15(21)20(4)19-10)12(16(22)23)11(24-14)6-9-7(2)17-18-8(9)3/h5-6H2,1-4H3,(H,17,18)(H,22,23). The fourth-order valence-corrected chi connectivity index (χ4v) is 4.24. The molecule has 0 aromatic carbocycles. The second-order valence-corrected chi connectivity index (χ2v) is 6.83. The van der Waals surface area contributed by atoms with Crippen molar-refractivity contribution in [2.45, 2.75) is 33.6 Å². The molecule has 0 bridgehead atoms. The highest BCUT2D eigenvalue weighted by atomic mass is 32.1. The summed E-state index contributed by atoms with van der Waals surface area (Å²) in [4.78, 5) is 25.0. The Hall–Kier alpha value is -2.48. The lowest BCUT2D eigenvalue weighted by Crippen LogP contribution is -2.22. The minimum Gasteiger partial charge on any atom is -0.478 e. The van der Waals surface area contributed by atoms with Gasteiger partial charge < -0.3 is 5.11 Å². The third kappa shape index (κ3) is 2.43. The lowest BCUT2D eigenvalue weighted by atomic mass is 10.0. The van der Waals surface area contributed by atoms with Crippen LogP contribution in [-0.2, 0) is 19.9 Å². The number of aromatic nitrogens is 4. The Morgan fingerprint density at radius 2 is 2.08 bits per heavy atom. The molecule has 2 N–H and O–H groups in total. The van der Waals surface area contributed by atoms with Gasteiger partial charge in [-0.05, 0) is 20.3 Å². The molecular formula is C16H18N4O3S. The SMILES string of the molecule is CCc1nn(C)c(=O)c2c(C(=O)O)c(Cc3c(C)n[nH]c3C)sc12. The number of aromatic carboxylic acids is 1. The van der Waals surface area contributed by atoms with E-state index in [4.69, 9.17) is 0 Å². The van der Waals surface area contributed by atoms with Crippen LogP contribution in [0.3, 0.4) is 0 Å². The van der Waals surface area contributed by atoms with Crippen molar-refractivity contribution in [1.29, 1.82) is 0 Å². The maximum absolute atomic E-state index is 12.5. The van der Waals surface area contributed by atoms with Crippen LogP contribution < -0.4 is 5.56 Å². The number of hydrogen-bond donors (Lipinski definition) is 2. The lowest BCUT2D eigenvalue weighted by molar-refractivity contribution is 0.0698. The number of aromatic amines is 1. The number of hydrogen-bond acceptors (Lipinski definition) is 5. The van der Waals surface area contributed by atoms with Crippen LogP contribution in [0, 0.1) is 13.8 Å². The largest absolute Gasteiger partial charge is 0.478 e. The first-order chi connectivity index (χ1) is 11.3. The number of nitrogens with one attached hydrogen (secondary N) is 1. The van der Waals surface area contributed by atoms with Gasteiger partial charge in [0.05, 0.1) is 27.0 Å². The first kappa shape index (κ1) is 16.4. The van der Waals surface area contributed by atoms with E-state index in [1.54, 1.807) is 7.05 Å². The van der Waals surface area contributed by atoms with Gasteiger partial charge in [0, 0.05) is 29.6 Å². The van der Waals surface area contributed by atoms with E-state index in [0.29, 0.717) is 22.4 Å². The van der Waals surface area contributed by atoms with Crippen molar-refractivity contribution in [3.05, 3.63) is 43.4 Å². The van der Waals surface area contributed by atoms with Crippen LogP contribution in [0.4, 0.5) is 0 Å². The Kier molecular flexibility index (Phi) is 4.00. The number of carboxylic acid groups (broad SMARTS) is 1. The third-order valence-corrected chi connectivity index (χ3v) is 5.43. The first-order valence-electron chi connectivity index (χ1n) is 7.60. The minimum absolute atomic E-state index is 0.0905. The van der Waals surface area contributed by atoms with E-state index in [-0.39, 0.29) is 16.5 Å². The number of aryl methyl sites for hydroxylation is 4. The Morgan fingerprint density at radius 3 is 2.62 bits per heavy atom. The van der Waals surface area contributed by atoms with Gasteiger partial charge >= 0.3 is 5.97 Å². The molecule has 0 aliphatic rings. The molecule has 0 unspecified atom stereocenters. The van der Waals surface area contributed by atoms with E-state index in [1.807, 2.05) is 20.8 Å². The second kappa shape index (κ2) is 5.86. The highest BCUT2D eigenvalue weighted by Gasteiger charge is 2.25. The summed E-state index contributed by atoms with van der Waals surface area (Å²) in [6.45, 7) is 5.72. The van der Waals surface area contributed by atoms with Crippen LogP contribution in [0.2, 0.25) is 0 Å². The van der Waals surface area contributed by atoms with Crippen LogP contribution in [-0.4, -0.2) is 31.1 Å². The zero-order valence-corrected chi connectivity index (χ0v) is 14.7. The predicted molar refractivity (Wildman–Crippen MR) is 92.1 cm³/mol. The van der Waals surface area contributed by atoms with Crippen LogP contribution >= 0.6 is 11.3 Å². The van der Waals surface area contributed by atoms with Gasteiger partial charge in [0.2, 0.25) is 0 Å². The molecule has 3 aromatic heterocycles. The predicted octanol–water partition coefficient (Wildman–Crippen LogP) is 2.19. The van der Waals surface area contributed by atoms with Gasteiger partial charge in [0.15, 0.2) is 0 Å². The van der Waals surface area contributed by atoms with Crippen LogP contribution in [0.25, 0.3) is 10.1 Å². The number of fused-ring (bicyclic) bond motifs is 1. The third-order valence-electron chi connectivity index (χ3n) is 4.19. The molecule has 3 heterocycles. The molecule has 0 amide bonds. The van der Waals surface area contributed by atoms with Gasteiger partial charge in [-0.3, -0.25) is 9.89 Å². The molecule has 0 saturated carbocycles. The van der Waals surface area contributed by atoms with Gasteiger partial charge in [0.1, 0.15) is 0 Å². The Labute approximate surface area is 141 Å². The number of nitrogens with zero attached hydrogens (tertiary/aromatic N) is 3. The van der Waals surface area contributed by atoms with Gasteiger partial charge in [-0.1, -0.05) is 6.92 Å². The van der Waals surface area contributed by atoms with Gasteiger partial charge in [-0.15, -0.1) is 11.3 Å². The Balaban J connectivity index is 2.33. The van der Waals surface area contributed by atoms with Crippen molar-refractivity contribution < 1.29 is 9.90 Å². The molecule has 126 valence electrons. The van der Waals surface area contributed by atoms with Crippen LogP contribution in [0.1, 0.15) is 44.8 Å². The zero-order valence-electron chi connectivity index (χ0n) is 13.9. The molecule has 0 spiro atoms. The molecule has 0 radical (unpaired) electrons. The summed E-state index contributed by atoms with van der Waals surface area (Å²) in [5.74, 6) is -1.08. The maximum Gasteiger partial charge on any atom is 0.337 e. The van der Waals surface area contributed by atoms with Crippen molar-refractivity contribution in [2.75, 3.05) is 0 Å². The van der Waals surface area contributed by atoms with Crippen molar-refractivity contribution in [2.24, 2.45) is 7.05 Å². The normalized spacial score (nSPS) is 11.3. The monoisotopic (exact) mass is 346 g/mol. The lowest BCUT2D eigenvalue weighted by Gasteiger charge is -2.03. The molecule has 0 saturated heterocycles. The van der Waals surface area contributed by atoms with E-state index in [0.717, 1.165) is 22.6 Å². The first-order valence-corrected chi connectivity index (χ1v) is 8.42. The van der Waals surface area contributed by atoms with Crippen LogP contribution in [0.15, 0.2) is 4.79 Å². The van der Waals surface area contributed by atoms with Gasteiger partial charge in [0.25, 0.3) is 5.56 Å². The van der Waals surface area contributed by atoms with Gasteiger partial charge in [-0.2, -0.15) is 10.2 Å². The number of carboxylic acids is 1. The molecule has 8 heteroatoms. The fraction of sp³-hybridized carbons (Fsp3) is 0.375. The van der Waals surface area contributed by atoms with Crippen molar-refractivity contribution in [3.8, 4) is 0 Å². The Morgan fingerprint density at radius 1 is 1.38 bits per heavy atom. The van der Waals surface area contributed by atoms with E-state index in [9.17, 15) is 14.7 Å². The average molecular weight is 346 g/mol. The molecule has 24 heavy (non-hydrogen) atoms. The molecule has 0 aliphatic heterocycles. The highest BCUT2D eigenvalue weighted by Crippen LogP contribution is 2.33. The summed E-state index contributed by atoms with van der Waals surface area (Å²) >= 11 is 1.34. The summed E-state index contributed by atoms with van der Waals surface area (Å²) in [6.07, 6.45) is 1.06. The van der Waals surface area contributed by atoms with E-state index in [2.05, 4.69) is 15.3 Å². The van der Waals surface area contributed by atoms with E-state index >= 15 is 0 Å². The molecule has 3 rings (SSSR count). The molecule has 3 aromatic rings. The van der Waals surface area contributed by atoms with Crippen molar-refractivity contribution in [1.82, 2.24) is 20.0 Å².